The molecule has 0 aromatic heterocycles. The van der Waals surface area contributed by atoms with E-state index in [1.54, 1.807) is 52.7 Å². The molecule has 1 N–H and O–H groups in total. The summed E-state index contributed by atoms with van der Waals surface area (Å²) < 4.78 is 0. The average molecular weight is 396 g/mol. The summed E-state index contributed by atoms with van der Waals surface area (Å²) in [4.78, 5) is 28.6. The first-order valence-corrected chi connectivity index (χ1v) is 10.6. The van der Waals surface area contributed by atoms with Crippen molar-refractivity contribution in [2.75, 3.05) is 16.9 Å². The summed E-state index contributed by atoms with van der Waals surface area (Å²) in [6, 6.07) is 16.4. The lowest BCUT2D eigenvalue weighted by molar-refractivity contribution is -0.135. The molecule has 0 saturated carbocycles. The Labute approximate surface area is 166 Å². The van der Waals surface area contributed by atoms with E-state index in [9.17, 15) is 9.59 Å². The summed E-state index contributed by atoms with van der Waals surface area (Å²) in [6.07, 6.45) is 0.713. The zero-order chi connectivity index (χ0) is 18.8. The molecule has 2 atom stereocenters. The fourth-order valence-electron chi connectivity index (χ4n) is 3.24. The van der Waals surface area contributed by atoms with Crippen LogP contribution in [0.5, 0.6) is 0 Å². The summed E-state index contributed by atoms with van der Waals surface area (Å²) in [5, 5.41) is 11.6. The Bertz CT molecular complexity index is 899. The molecule has 27 heavy (non-hydrogen) atoms. The highest BCUT2D eigenvalue weighted by atomic mass is 32.2. The standard InChI is InChI=1S/C20H17N3O2S2/c21-10-13-5-7-15(8-6-13)22-19(24)16-11-26-12-23(16)20(25)18-9-14-3-1-2-4-17(14)27-18/h1-8,16,18H,9,11-12H2,(H,22,24). The van der Waals surface area contributed by atoms with E-state index < -0.39 is 6.04 Å². The largest absolute Gasteiger partial charge is 0.324 e. The number of rotatable bonds is 3. The van der Waals surface area contributed by atoms with Crippen molar-refractivity contribution in [3.8, 4) is 6.07 Å². The Balaban J connectivity index is 1.43. The highest BCUT2D eigenvalue weighted by Crippen LogP contribution is 2.38. The molecular formula is C20H17N3O2S2. The van der Waals surface area contributed by atoms with Crippen LogP contribution in [0.3, 0.4) is 0 Å². The molecule has 0 aliphatic carbocycles. The lowest BCUT2D eigenvalue weighted by Gasteiger charge is -2.25. The van der Waals surface area contributed by atoms with E-state index >= 15 is 0 Å². The fourth-order valence-corrected chi connectivity index (χ4v) is 5.66. The molecule has 4 rings (SSSR count). The molecule has 5 nitrogen and oxygen atoms in total. The van der Waals surface area contributed by atoms with Gasteiger partial charge in [-0.25, -0.2) is 0 Å². The number of thioether (sulfide) groups is 2. The zero-order valence-electron chi connectivity index (χ0n) is 14.4. The second kappa shape index (κ2) is 7.67. The number of anilines is 1. The van der Waals surface area contributed by atoms with Gasteiger partial charge in [0.1, 0.15) is 6.04 Å². The van der Waals surface area contributed by atoms with Crippen LogP contribution < -0.4 is 5.32 Å². The Morgan fingerprint density at radius 2 is 1.93 bits per heavy atom. The predicted molar refractivity (Wildman–Crippen MR) is 108 cm³/mol. The van der Waals surface area contributed by atoms with Crippen LogP contribution in [0.2, 0.25) is 0 Å². The number of hydrogen-bond acceptors (Lipinski definition) is 5. The molecule has 2 heterocycles. The normalized spacial score (nSPS) is 20.8. The first-order valence-electron chi connectivity index (χ1n) is 8.59. The minimum absolute atomic E-state index is 0.0289. The Morgan fingerprint density at radius 1 is 1.15 bits per heavy atom. The van der Waals surface area contributed by atoms with Crippen molar-refractivity contribution in [1.82, 2.24) is 4.90 Å². The van der Waals surface area contributed by atoms with Gasteiger partial charge in [-0.2, -0.15) is 5.26 Å². The summed E-state index contributed by atoms with van der Waals surface area (Å²) in [5.74, 6) is 0.982. The smallest absolute Gasteiger partial charge is 0.248 e. The molecule has 1 saturated heterocycles. The number of amides is 2. The molecule has 0 spiro atoms. The highest BCUT2D eigenvalue weighted by molar-refractivity contribution is 8.01. The van der Waals surface area contributed by atoms with Crippen molar-refractivity contribution in [3.63, 3.8) is 0 Å². The monoisotopic (exact) mass is 395 g/mol. The fraction of sp³-hybridized carbons (Fsp3) is 0.250. The van der Waals surface area contributed by atoms with Crippen molar-refractivity contribution in [2.45, 2.75) is 22.6 Å². The highest BCUT2D eigenvalue weighted by Gasteiger charge is 2.39. The number of carbonyl (C=O) groups is 2. The van der Waals surface area contributed by atoms with E-state index in [2.05, 4.69) is 17.5 Å². The maximum atomic E-state index is 13.0. The van der Waals surface area contributed by atoms with Crippen LogP contribution in [0.4, 0.5) is 5.69 Å². The molecule has 2 aliphatic heterocycles. The Hall–Kier alpha value is -2.43. The van der Waals surface area contributed by atoms with E-state index in [-0.39, 0.29) is 17.1 Å². The van der Waals surface area contributed by atoms with Crippen LogP contribution in [0.1, 0.15) is 11.1 Å². The summed E-state index contributed by atoms with van der Waals surface area (Å²) in [7, 11) is 0. The van der Waals surface area contributed by atoms with Crippen LogP contribution in [0.15, 0.2) is 53.4 Å². The lowest BCUT2D eigenvalue weighted by Crippen LogP contribution is -2.47. The number of nitrogens with zero attached hydrogens (tertiary/aromatic N) is 2. The van der Waals surface area contributed by atoms with Crippen LogP contribution >= 0.6 is 23.5 Å². The quantitative estimate of drug-likeness (QED) is 0.864. The lowest BCUT2D eigenvalue weighted by atomic mass is 10.1. The van der Waals surface area contributed by atoms with Crippen LogP contribution in [-0.4, -0.2) is 39.6 Å². The third kappa shape index (κ3) is 3.68. The third-order valence-electron chi connectivity index (χ3n) is 4.67. The van der Waals surface area contributed by atoms with Crippen LogP contribution in [0.25, 0.3) is 0 Å². The molecule has 2 aromatic rings. The summed E-state index contributed by atoms with van der Waals surface area (Å²) in [6.45, 7) is 0. The van der Waals surface area contributed by atoms with Gasteiger partial charge in [-0.1, -0.05) is 18.2 Å². The van der Waals surface area contributed by atoms with Gasteiger partial charge in [0.2, 0.25) is 11.8 Å². The number of benzene rings is 2. The van der Waals surface area contributed by atoms with E-state index in [1.807, 2.05) is 18.2 Å². The molecular weight excluding hydrogens is 378 g/mol. The molecule has 2 aliphatic rings. The first-order chi connectivity index (χ1) is 13.2. The van der Waals surface area contributed by atoms with Crippen LogP contribution in [0, 0.1) is 11.3 Å². The number of nitrogens with one attached hydrogen (secondary N) is 1. The van der Waals surface area contributed by atoms with Gasteiger partial charge < -0.3 is 10.2 Å². The third-order valence-corrected chi connectivity index (χ3v) is 6.99. The second-order valence-corrected chi connectivity index (χ2v) is 8.66. The average Bonchev–Trinajstić information content (AvgIpc) is 3.35. The molecule has 136 valence electrons. The van der Waals surface area contributed by atoms with Crippen molar-refractivity contribution in [3.05, 3.63) is 59.7 Å². The topological polar surface area (TPSA) is 73.2 Å². The van der Waals surface area contributed by atoms with Gasteiger partial charge in [0.05, 0.1) is 22.8 Å². The molecule has 0 radical (unpaired) electrons. The van der Waals surface area contributed by atoms with Crippen molar-refractivity contribution >= 4 is 41.0 Å². The molecule has 0 bridgehead atoms. The maximum Gasteiger partial charge on any atom is 0.248 e. The zero-order valence-corrected chi connectivity index (χ0v) is 16.1. The van der Waals surface area contributed by atoms with Gasteiger partial charge in [-0.15, -0.1) is 23.5 Å². The summed E-state index contributed by atoms with van der Waals surface area (Å²) in [5.41, 5.74) is 2.37. The molecule has 1 fully saturated rings. The SMILES string of the molecule is N#Cc1ccc(NC(=O)C2CSCN2C(=O)C2Cc3ccccc3S2)cc1. The van der Waals surface area contributed by atoms with Crippen molar-refractivity contribution in [1.29, 1.82) is 5.26 Å². The number of carbonyl (C=O) groups excluding carboxylic acids is 2. The molecule has 2 amide bonds. The van der Waals surface area contributed by atoms with Gasteiger partial charge >= 0.3 is 0 Å². The van der Waals surface area contributed by atoms with Gasteiger partial charge in [0, 0.05) is 16.3 Å². The Kier molecular flexibility index (Phi) is 5.10. The Morgan fingerprint density at radius 3 is 2.67 bits per heavy atom. The van der Waals surface area contributed by atoms with Gasteiger partial charge in [0.25, 0.3) is 0 Å². The number of hydrogen-bond donors (Lipinski definition) is 1. The van der Waals surface area contributed by atoms with E-state index in [0.717, 1.165) is 4.90 Å². The van der Waals surface area contributed by atoms with E-state index in [1.165, 1.54) is 5.56 Å². The molecule has 2 unspecified atom stereocenters. The van der Waals surface area contributed by atoms with Gasteiger partial charge in [0.15, 0.2) is 0 Å². The second-order valence-electron chi connectivity index (χ2n) is 6.42. The summed E-state index contributed by atoms with van der Waals surface area (Å²) >= 11 is 3.19. The number of fused-ring (bicyclic) bond motifs is 1. The minimum Gasteiger partial charge on any atom is -0.324 e. The molecule has 7 heteroatoms. The van der Waals surface area contributed by atoms with Gasteiger partial charge in [-0.3, -0.25) is 9.59 Å². The first kappa shape index (κ1) is 18.0. The van der Waals surface area contributed by atoms with Gasteiger partial charge in [-0.05, 0) is 42.3 Å². The van der Waals surface area contributed by atoms with E-state index in [0.29, 0.717) is 29.3 Å². The predicted octanol–water partition coefficient (Wildman–Crippen LogP) is 3.12. The van der Waals surface area contributed by atoms with E-state index in [4.69, 9.17) is 5.26 Å². The minimum atomic E-state index is -0.470. The maximum absolute atomic E-state index is 13.0. The van der Waals surface area contributed by atoms with Crippen LogP contribution in [-0.2, 0) is 16.0 Å². The van der Waals surface area contributed by atoms with Crippen molar-refractivity contribution in [2.24, 2.45) is 0 Å². The number of nitriles is 1. The molecule has 2 aromatic carbocycles. The van der Waals surface area contributed by atoms with Crippen molar-refractivity contribution < 1.29 is 9.59 Å².